The lowest BCUT2D eigenvalue weighted by Crippen LogP contribution is -2.28. The number of aromatic carboxylic acids is 1. The molecular weight excluding hydrogens is 302 g/mol. The van der Waals surface area contributed by atoms with E-state index in [1.807, 2.05) is 12.3 Å². The molecule has 3 rings (SSSR count). The molecule has 5 heteroatoms. The van der Waals surface area contributed by atoms with Crippen LogP contribution in [0.3, 0.4) is 0 Å². The van der Waals surface area contributed by atoms with Crippen molar-refractivity contribution in [3.05, 3.63) is 47.9 Å². The van der Waals surface area contributed by atoms with E-state index in [0.29, 0.717) is 17.7 Å². The van der Waals surface area contributed by atoms with Crippen LogP contribution in [0.15, 0.2) is 36.7 Å². The Morgan fingerprint density at radius 3 is 2.79 bits per heavy atom. The Morgan fingerprint density at radius 1 is 1.33 bits per heavy atom. The number of rotatable bonds is 5. The van der Waals surface area contributed by atoms with Gasteiger partial charge in [-0.1, -0.05) is 12.1 Å². The average Bonchev–Trinajstić information content (AvgIpc) is 3.04. The minimum absolute atomic E-state index is 0.262. The van der Waals surface area contributed by atoms with Crippen molar-refractivity contribution < 1.29 is 9.90 Å². The normalized spacial score (nSPS) is 18.2. The van der Waals surface area contributed by atoms with Crippen molar-refractivity contribution in [1.29, 1.82) is 0 Å². The predicted molar refractivity (Wildman–Crippen MR) is 92.9 cm³/mol. The minimum atomic E-state index is -0.933. The molecule has 0 saturated carbocycles. The molecule has 1 atom stereocenters. The SMILES string of the molecule is CC(C)N1CCC(Cc2cnc(-c3cccc(C(=O)O)c3)cn2)C1. The van der Waals surface area contributed by atoms with E-state index >= 15 is 0 Å². The van der Waals surface area contributed by atoms with E-state index in [9.17, 15) is 4.79 Å². The molecule has 0 aliphatic carbocycles. The maximum atomic E-state index is 11.1. The van der Waals surface area contributed by atoms with Crippen LogP contribution in [0, 0.1) is 5.92 Å². The van der Waals surface area contributed by atoms with Gasteiger partial charge in [-0.2, -0.15) is 0 Å². The summed E-state index contributed by atoms with van der Waals surface area (Å²) in [6, 6.07) is 7.39. The van der Waals surface area contributed by atoms with Gasteiger partial charge in [0.2, 0.25) is 0 Å². The number of carbonyl (C=O) groups is 1. The topological polar surface area (TPSA) is 66.3 Å². The Kier molecular flexibility index (Phi) is 4.90. The van der Waals surface area contributed by atoms with Crippen LogP contribution in [0.5, 0.6) is 0 Å². The second-order valence-electron chi connectivity index (χ2n) is 6.73. The standard InChI is InChI=1S/C19H23N3O2/c1-13(2)22-7-6-14(12-22)8-17-10-21-18(11-20-17)15-4-3-5-16(9-15)19(23)24/h3-5,9-11,13-14H,6-8,12H2,1-2H3,(H,23,24). The van der Waals surface area contributed by atoms with Crippen LogP contribution in [0.4, 0.5) is 0 Å². The van der Waals surface area contributed by atoms with E-state index in [1.165, 1.54) is 6.42 Å². The molecule has 1 N–H and O–H groups in total. The first-order chi connectivity index (χ1) is 11.5. The molecule has 2 aromatic rings. The van der Waals surface area contributed by atoms with Crippen LogP contribution < -0.4 is 0 Å². The summed E-state index contributed by atoms with van der Waals surface area (Å²) in [6.07, 6.45) is 5.72. The highest BCUT2D eigenvalue weighted by Crippen LogP contribution is 2.22. The van der Waals surface area contributed by atoms with Gasteiger partial charge >= 0.3 is 5.97 Å². The number of nitrogens with zero attached hydrogens (tertiary/aromatic N) is 3. The van der Waals surface area contributed by atoms with Gasteiger partial charge < -0.3 is 10.0 Å². The van der Waals surface area contributed by atoms with Gasteiger partial charge in [0.05, 0.1) is 23.1 Å². The zero-order chi connectivity index (χ0) is 17.1. The number of likely N-dealkylation sites (tertiary alicyclic amines) is 1. The van der Waals surface area contributed by atoms with Gasteiger partial charge in [0.25, 0.3) is 0 Å². The second kappa shape index (κ2) is 7.09. The zero-order valence-corrected chi connectivity index (χ0v) is 14.1. The summed E-state index contributed by atoms with van der Waals surface area (Å²) >= 11 is 0. The molecular formula is C19H23N3O2. The average molecular weight is 325 g/mol. The van der Waals surface area contributed by atoms with E-state index < -0.39 is 5.97 Å². The molecule has 1 aliphatic heterocycles. The third-order valence-corrected chi connectivity index (χ3v) is 4.66. The Morgan fingerprint density at radius 2 is 2.17 bits per heavy atom. The number of benzene rings is 1. The van der Waals surface area contributed by atoms with E-state index in [-0.39, 0.29) is 5.56 Å². The van der Waals surface area contributed by atoms with Crippen LogP contribution in [0.25, 0.3) is 11.3 Å². The number of hydrogen-bond donors (Lipinski definition) is 1. The van der Waals surface area contributed by atoms with Gasteiger partial charge in [0.1, 0.15) is 0 Å². The van der Waals surface area contributed by atoms with Gasteiger partial charge in [-0.05, 0) is 51.3 Å². The first-order valence-electron chi connectivity index (χ1n) is 8.41. The third kappa shape index (κ3) is 3.79. The van der Waals surface area contributed by atoms with Gasteiger partial charge in [-0.25, -0.2) is 4.79 Å². The van der Waals surface area contributed by atoms with Gasteiger partial charge in [0.15, 0.2) is 0 Å². The van der Waals surface area contributed by atoms with Gasteiger partial charge in [0, 0.05) is 24.3 Å². The van der Waals surface area contributed by atoms with E-state index in [1.54, 1.807) is 24.4 Å². The Bertz CT molecular complexity index is 713. The molecule has 0 radical (unpaired) electrons. The molecule has 1 fully saturated rings. The van der Waals surface area contributed by atoms with Crippen molar-refractivity contribution in [2.45, 2.75) is 32.7 Å². The summed E-state index contributed by atoms with van der Waals surface area (Å²) in [7, 11) is 0. The molecule has 126 valence electrons. The molecule has 0 amide bonds. The van der Waals surface area contributed by atoms with Crippen molar-refractivity contribution >= 4 is 5.97 Å². The fourth-order valence-corrected chi connectivity index (χ4v) is 3.21. The minimum Gasteiger partial charge on any atom is -0.478 e. The third-order valence-electron chi connectivity index (χ3n) is 4.66. The first-order valence-corrected chi connectivity index (χ1v) is 8.41. The summed E-state index contributed by atoms with van der Waals surface area (Å²) in [5.41, 5.74) is 2.75. The lowest BCUT2D eigenvalue weighted by Gasteiger charge is -2.20. The fraction of sp³-hybridized carbons (Fsp3) is 0.421. The van der Waals surface area contributed by atoms with E-state index in [2.05, 4.69) is 28.7 Å². The van der Waals surface area contributed by atoms with Crippen molar-refractivity contribution in [2.75, 3.05) is 13.1 Å². The van der Waals surface area contributed by atoms with E-state index in [0.717, 1.165) is 30.8 Å². The molecule has 1 saturated heterocycles. The molecule has 1 aromatic carbocycles. The summed E-state index contributed by atoms with van der Waals surface area (Å²) < 4.78 is 0. The Balaban J connectivity index is 1.68. The van der Waals surface area contributed by atoms with Crippen LogP contribution in [0.1, 0.15) is 36.3 Å². The summed E-state index contributed by atoms with van der Waals surface area (Å²) in [6.45, 7) is 6.77. The Labute approximate surface area is 142 Å². The largest absolute Gasteiger partial charge is 0.478 e. The van der Waals surface area contributed by atoms with Crippen LogP contribution in [-0.2, 0) is 6.42 Å². The highest BCUT2D eigenvalue weighted by molar-refractivity contribution is 5.89. The molecule has 2 heterocycles. The van der Waals surface area contributed by atoms with Crippen molar-refractivity contribution in [3.8, 4) is 11.3 Å². The monoisotopic (exact) mass is 325 g/mol. The molecule has 0 spiro atoms. The highest BCUT2D eigenvalue weighted by Gasteiger charge is 2.24. The maximum absolute atomic E-state index is 11.1. The van der Waals surface area contributed by atoms with Crippen LogP contribution in [-0.4, -0.2) is 45.1 Å². The molecule has 0 bridgehead atoms. The first kappa shape index (κ1) is 16.6. The van der Waals surface area contributed by atoms with Crippen molar-refractivity contribution in [1.82, 2.24) is 14.9 Å². The lowest BCUT2D eigenvalue weighted by atomic mass is 10.0. The fourth-order valence-electron chi connectivity index (χ4n) is 3.21. The smallest absolute Gasteiger partial charge is 0.335 e. The zero-order valence-electron chi connectivity index (χ0n) is 14.1. The second-order valence-corrected chi connectivity index (χ2v) is 6.73. The summed E-state index contributed by atoms with van der Waals surface area (Å²) in [4.78, 5) is 22.6. The summed E-state index contributed by atoms with van der Waals surface area (Å²) in [5, 5.41) is 9.08. The number of carboxylic acids is 1. The molecule has 5 nitrogen and oxygen atoms in total. The quantitative estimate of drug-likeness (QED) is 0.915. The molecule has 1 aliphatic rings. The number of hydrogen-bond acceptors (Lipinski definition) is 4. The number of carboxylic acid groups (broad SMARTS) is 1. The van der Waals surface area contributed by atoms with E-state index in [4.69, 9.17) is 5.11 Å². The summed E-state index contributed by atoms with van der Waals surface area (Å²) in [5.74, 6) is -0.291. The van der Waals surface area contributed by atoms with Crippen molar-refractivity contribution in [2.24, 2.45) is 5.92 Å². The highest BCUT2D eigenvalue weighted by atomic mass is 16.4. The number of aromatic nitrogens is 2. The lowest BCUT2D eigenvalue weighted by molar-refractivity contribution is 0.0697. The van der Waals surface area contributed by atoms with Crippen LogP contribution in [0.2, 0.25) is 0 Å². The predicted octanol–water partition coefficient (Wildman–Crippen LogP) is 3.11. The molecule has 24 heavy (non-hydrogen) atoms. The molecule has 1 unspecified atom stereocenters. The molecule has 1 aromatic heterocycles. The Hall–Kier alpha value is -2.27. The van der Waals surface area contributed by atoms with Crippen LogP contribution >= 0.6 is 0 Å². The van der Waals surface area contributed by atoms with Gasteiger partial charge in [-0.15, -0.1) is 0 Å². The van der Waals surface area contributed by atoms with Crippen molar-refractivity contribution in [3.63, 3.8) is 0 Å². The van der Waals surface area contributed by atoms with Gasteiger partial charge in [-0.3, -0.25) is 9.97 Å². The maximum Gasteiger partial charge on any atom is 0.335 e.